The van der Waals surface area contributed by atoms with Gasteiger partial charge in [-0.1, -0.05) is 152 Å². The molecule has 248 valence electrons. The Kier molecular flexibility index (Phi) is 7.71. The van der Waals surface area contributed by atoms with E-state index in [9.17, 15) is 0 Å². The lowest BCUT2D eigenvalue weighted by molar-refractivity contribution is 1.18. The van der Waals surface area contributed by atoms with Gasteiger partial charge in [-0.3, -0.25) is 0 Å². The van der Waals surface area contributed by atoms with E-state index in [1.165, 1.54) is 42.1 Å². The van der Waals surface area contributed by atoms with Gasteiger partial charge in [0.2, 0.25) is 0 Å². The van der Waals surface area contributed by atoms with Crippen molar-refractivity contribution in [1.82, 2.24) is 9.97 Å². The standard InChI is InChI=1S/C50H32N2S/c1-3-13-33(14-4-1)36-19-11-20-38(27-36)50-51-46(35-16-5-2-6-17-35)32-47(52-50)41-29-39(28-40(30-41)43-23-12-18-34-15-7-8-21-42(34)43)37-25-26-45-44-22-9-10-24-48(44)53-49(45)31-37/h1-32H. The third-order valence-corrected chi connectivity index (χ3v) is 11.2. The highest BCUT2D eigenvalue weighted by Crippen LogP contribution is 2.40. The molecule has 10 aromatic rings. The summed E-state index contributed by atoms with van der Waals surface area (Å²) in [6.07, 6.45) is 0. The van der Waals surface area contributed by atoms with Gasteiger partial charge in [0.15, 0.2) is 5.82 Å². The van der Waals surface area contributed by atoms with Crippen LogP contribution in [0.5, 0.6) is 0 Å². The van der Waals surface area contributed by atoms with Crippen LogP contribution in [0.4, 0.5) is 0 Å². The Morgan fingerprint density at radius 3 is 1.72 bits per heavy atom. The molecular formula is C50H32N2S. The van der Waals surface area contributed by atoms with Crippen LogP contribution >= 0.6 is 11.3 Å². The summed E-state index contributed by atoms with van der Waals surface area (Å²) in [5, 5.41) is 5.05. The molecule has 0 saturated carbocycles. The van der Waals surface area contributed by atoms with Crippen LogP contribution in [0.1, 0.15) is 0 Å². The Morgan fingerprint density at radius 1 is 0.302 bits per heavy atom. The molecular weight excluding hydrogens is 661 g/mol. The summed E-state index contributed by atoms with van der Waals surface area (Å²) < 4.78 is 2.60. The molecule has 0 saturated heterocycles. The highest BCUT2D eigenvalue weighted by Gasteiger charge is 2.16. The fraction of sp³-hybridized carbons (Fsp3) is 0. The van der Waals surface area contributed by atoms with Crippen LogP contribution in [0, 0.1) is 0 Å². The summed E-state index contributed by atoms with van der Waals surface area (Å²) in [6, 6.07) is 69.3. The predicted molar refractivity (Wildman–Crippen MR) is 225 cm³/mol. The average molecular weight is 693 g/mol. The third kappa shape index (κ3) is 5.87. The van der Waals surface area contributed by atoms with E-state index in [0.29, 0.717) is 5.82 Å². The van der Waals surface area contributed by atoms with Crippen LogP contribution < -0.4 is 0 Å². The molecule has 10 rings (SSSR count). The molecule has 0 amide bonds. The molecule has 2 heterocycles. The SMILES string of the molecule is c1ccc(-c2cccc(-c3nc(-c4ccccc4)cc(-c4cc(-c5ccc6c(c5)sc5ccccc56)cc(-c5cccc6ccccc56)c4)n3)c2)cc1. The second-order valence-electron chi connectivity index (χ2n) is 13.4. The normalized spacial score (nSPS) is 11.4. The zero-order valence-corrected chi connectivity index (χ0v) is 29.6. The highest BCUT2D eigenvalue weighted by molar-refractivity contribution is 7.25. The second kappa shape index (κ2) is 13.1. The Balaban J connectivity index is 1.20. The number of hydrogen-bond acceptors (Lipinski definition) is 3. The summed E-state index contributed by atoms with van der Waals surface area (Å²) in [7, 11) is 0. The van der Waals surface area contributed by atoms with E-state index in [1.807, 2.05) is 23.5 Å². The van der Waals surface area contributed by atoms with E-state index in [0.717, 1.165) is 50.3 Å². The van der Waals surface area contributed by atoms with Crippen molar-refractivity contribution in [3.05, 3.63) is 194 Å². The molecule has 0 unspecified atom stereocenters. The number of hydrogen-bond donors (Lipinski definition) is 0. The van der Waals surface area contributed by atoms with Gasteiger partial charge in [0.1, 0.15) is 0 Å². The van der Waals surface area contributed by atoms with Crippen LogP contribution in [0.15, 0.2) is 194 Å². The first kappa shape index (κ1) is 31.1. The zero-order chi connectivity index (χ0) is 35.1. The second-order valence-corrected chi connectivity index (χ2v) is 14.5. The minimum atomic E-state index is 0.697. The lowest BCUT2D eigenvalue weighted by atomic mass is 9.92. The van der Waals surface area contributed by atoms with Crippen LogP contribution in [-0.2, 0) is 0 Å². The largest absolute Gasteiger partial charge is 0.228 e. The van der Waals surface area contributed by atoms with Crippen molar-refractivity contribution in [2.45, 2.75) is 0 Å². The number of benzene rings is 8. The van der Waals surface area contributed by atoms with Gasteiger partial charge in [-0.25, -0.2) is 9.97 Å². The number of rotatable bonds is 6. The van der Waals surface area contributed by atoms with Crippen molar-refractivity contribution >= 4 is 42.3 Å². The molecule has 0 fully saturated rings. The van der Waals surface area contributed by atoms with Crippen molar-refractivity contribution < 1.29 is 0 Å². The predicted octanol–water partition coefficient (Wildman–Crippen LogP) is 14.0. The van der Waals surface area contributed by atoms with Crippen molar-refractivity contribution in [1.29, 1.82) is 0 Å². The smallest absolute Gasteiger partial charge is 0.160 e. The number of nitrogens with zero attached hydrogens (tertiary/aromatic N) is 2. The summed E-state index contributed by atoms with van der Waals surface area (Å²) in [6.45, 7) is 0. The van der Waals surface area contributed by atoms with E-state index in [1.54, 1.807) is 0 Å². The summed E-state index contributed by atoms with van der Waals surface area (Å²) in [5.41, 5.74) is 11.8. The monoisotopic (exact) mass is 692 g/mol. The van der Waals surface area contributed by atoms with Crippen molar-refractivity contribution in [2.24, 2.45) is 0 Å². The lowest BCUT2D eigenvalue weighted by Gasteiger charge is -2.15. The summed E-state index contributed by atoms with van der Waals surface area (Å²) in [5.74, 6) is 0.697. The van der Waals surface area contributed by atoms with E-state index in [-0.39, 0.29) is 0 Å². The third-order valence-electron chi connectivity index (χ3n) is 10.1. The Labute approximate surface area is 312 Å². The van der Waals surface area contributed by atoms with Crippen LogP contribution in [0.25, 0.3) is 98.2 Å². The molecule has 0 aliphatic heterocycles. The first-order valence-electron chi connectivity index (χ1n) is 17.9. The molecule has 0 spiro atoms. The Bertz CT molecular complexity index is 2940. The first-order valence-corrected chi connectivity index (χ1v) is 18.7. The molecule has 8 aromatic carbocycles. The van der Waals surface area contributed by atoms with Gasteiger partial charge >= 0.3 is 0 Å². The quantitative estimate of drug-likeness (QED) is 0.173. The molecule has 0 N–H and O–H groups in total. The van der Waals surface area contributed by atoms with Gasteiger partial charge in [-0.05, 0) is 86.6 Å². The van der Waals surface area contributed by atoms with E-state index in [4.69, 9.17) is 9.97 Å². The molecule has 0 radical (unpaired) electrons. The molecule has 0 aliphatic rings. The van der Waals surface area contributed by atoms with Crippen LogP contribution in [0.2, 0.25) is 0 Å². The maximum Gasteiger partial charge on any atom is 0.160 e. The summed E-state index contributed by atoms with van der Waals surface area (Å²) >= 11 is 1.85. The maximum absolute atomic E-state index is 5.34. The molecule has 2 aromatic heterocycles. The molecule has 0 bridgehead atoms. The number of fused-ring (bicyclic) bond motifs is 4. The first-order chi connectivity index (χ1) is 26.2. The number of thiophene rings is 1. The average Bonchev–Trinajstić information content (AvgIpc) is 3.62. The Morgan fingerprint density at radius 2 is 0.868 bits per heavy atom. The molecule has 3 heteroatoms. The van der Waals surface area contributed by atoms with Crippen molar-refractivity contribution in [3.8, 4) is 67.3 Å². The fourth-order valence-electron chi connectivity index (χ4n) is 7.43. The van der Waals surface area contributed by atoms with E-state index >= 15 is 0 Å². The van der Waals surface area contributed by atoms with E-state index in [2.05, 4.69) is 182 Å². The van der Waals surface area contributed by atoms with Gasteiger partial charge < -0.3 is 0 Å². The Hall–Kier alpha value is -6.68. The fourth-order valence-corrected chi connectivity index (χ4v) is 8.58. The maximum atomic E-state index is 5.34. The topological polar surface area (TPSA) is 25.8 Å². The van der Waals surface area contributed by atoms with Gasteiger partial charge in [-0.2, -0.15) is 0 Å². The molecule has 0 atom stereocenters. The minimum absolute atomic E-state index is 0.697. The van der Waals surface area contributed by atoms with Gasteiger partial charge in [0.05, 0.1) is 11.4 Å². The molecule has 53 heavy (non-hydrogen) atoms. The van der Waals surface area contributed by atoms with Crippen molar-refractivity contribution in [2.75, 3.05) is 0 Å². The summed E-state index contributed by atoms with van der Waals surface area (Å²) in [4.78, 5) is 10.5. The zero-order valence-electron chi connectivity index (χ0n) is 28.8. The van der Waals surface area contributed by atoms with Gasteiger partial charge in [0, 0.05) is 36.9 Å². The van der Waals surface area contributed by atoms with Crippen LogP contribution in [-0.4, -0.2) is 9.97 Å². The number of aromatic nitrogens is 2. The molecule has 0 aliphatic carbocycles. The van der Waals surface area contributed by atoms with Crippen molar-refractivity contribution in [3.63, 3.8) is 0 Å². The van der Waals surface area contributed by atoms with Gasteiger partial charge in [-0.15, -0.1) is 11.3 Å². The molecule has 2 nitrogen and oxygen atoms in total. The minimum Gasteiger partial charge on any atom is -0.228 e. The van der Waals surface area contributed by atoms with Crippen LogP contribution in [0.3, 0.4) is 0 Å². The highest BCUT2D eigenvalue weighted by atomic mass is 32.1. The van der Waals surface area contributed by atoms with E-state index < -0.39 is 0 Å². The van der Waals surface area contributed by atoms with Gasteiger partial charge in [0.25, 0.3) is 0 Å². The lowest BCUT2D eigenvalue weighted by Crippen LogP contribution is -1.97.